The predicted octanol–water partition coefficient (Wildman–Crippen LogP) is 2.27. The van der Waals surface area contributed by atoms with Crippen molar-refractivity contribution in [1.29, 1.82) is 0 Å². The van der Waals surface area contributed by atoms with E-state index in [0.717, 1.165) is 12.1 Å². The van der Waals surface area contributed by atoms with E-state index in [-0.39, 0.29) is 21.8 Å². The predicted molar refractivity (Wildman–Crippen MR) is 83.8 cm³/mol. The van der Waals surface area contributed by atoms with Crippen molar-refractivity contribution in [1.82, 2.24) is 4.90 Å². The van der Waals surface area contributed by atoms with Gasteiger partial charge in [0.15, 0.2) is 0 Å². The normalized spacial score (nSPS) is 13.1. The number of nitrogens with two attached hydrogens (primary N) is 1. The summed E-state index contributed by atoms with van der Waals surface area (Å²) in [6, 6.07) is 7.54. The second kappa shape index (κ2) is 5.43. The van der Waals surface area contributed by atoms with Crippen LogP contribution in [0.2, 0.25) is 5.02 Å². The van der Waals surface area contributed by atoms with Crippen molar-refractivity contribution in [2.75, 3.05) is 5.73 Å². The molecule has 2 aromatic rings. The second-order valence-electron chi connectivity index (χ2n) is 4.94. The van der Waals surface area contributed by atoms with Crippen LogP contribution in [0.25, 0.3) is 0 Å². The zero-order chi connectivity index (χ0) is 17.6. The summed E-state index contributed by atoms with van der Waals surface area (Å²) in [5.41, 5.74) is 4.59. The largest absolute Gasteiger partial charge is 0.398 e. The monoisotopic (exact) mass is 345 g/mol. The summed E-state index contributed by atoms with van der Waals surface area (Å²) in [4.78, 5) is 48.0. The first kappa shape index (κ1) is 15.6. The molecule has 8 nitrogen and oxygen atoms in total. The quantitative estimate of drug-likeness (QED) is 0.385. The topological polar surface area (TPSA) is 124 Å². The van der Waals surface area contributed by atoms with Crippen molar-refractivity contribution >= 4 is 40.7 Å². The van der Waals surface area contributed by atoms with Crippen molar-refractivity contribution in [2.24, 2.45) is 0 Å². The van der Waals surface area contributed by atoms with Crippen molar-refractivity contribution < 1.29 is 19.3 Å². The number of anilines is 1. The van der Waals surface area contributed by atoms with Crippen molar-refractivity contribution in [3.8, 4) is 0 Å². The molecule has 1 aliphatic rings. The van der Waals surface area contributed by atoms with E-state index in [1.165, 1.54) is 24.3 Å². The first-order chi connectivity index (χ1) is 11.3. The molecule has 2 aromatic carbocycles. The van der Waals surface area contributed by atoms with E-state index in [9.17, 15) is 24.5 Å². The van der Waals surface area contributed by atoms with E-state index in [4.69, 9.17) is 17.3 Å². The minimum Gasteiger partial charge on any atom is -0.398 e. The number of imide groups is 3. The fourth-order valence-electron chi connectivity index (χ4n) is 2.46. The molecule has 0 saturated heterocycles. The van der Waals surface area contributed by atoms with Gasteiger partial charge in [-0.25, -0.2) is 4.90 Å². The Balaban J connectivity index is 2.12. The highest BCUT2D eigenvalue weighted by Crippen LogP contribution is 2.31. The lowest BCUT2D eigenvalue weighted by atomic mass is 10.1. The molecule has 24 heavy (non-hydrogen) atoms. The van der Waals surface area contributed by atoms with E-state index < -0.39 is 33.9 Å². The lowest BCUT2D eigenvalue weighted by Gasteiger charge is -2.12. The fraction of sp³-hybridized carbons (Fsp3) is 0. The average Bonchev–Trinajstić information content (AvgIpc) is 2.79. The van der Waals surface area contributed by atoms with Gasteiger partial charge >= 0.3 is 0 Å². The number of carbonyl (C=O) groups excluding carboxylic acids is 3. The highest BCUT2D eigenvalue weighted by molar-refractivity contribution is 6.34. The highest BCUT2D eigenvalue weighted by Gasteiger charge is 2.43. The average molecular weight is 346 g/mol. The summed E-state index contributed by atoms with van der Waals surface area (Å²) in [5.74, 6) is -2.94. The maximum Gasteiger partial charge on any atom is 0.282 e. The Kier molecular flexibility index (Phi) is 3.53. The van der Waals surface area contributed by atoms with Gasteiger partial charge < -0.3 is 5.73 Å². The molecule has 3 amide bonds. The molecule has 9 heteroatoms. The molecule has 0 unspecified atom stereocenters. The van der Waals surface area contributed by atoms with Crippen LogP contribution in [0, 0.1) is 10.1 Å². The van der Waals surface area contributed by atoms with Gasteiger partial charge in [-0.2, -0.15) is 0 Å². The van der Waals surface area contributed by atoms with Crippen LogP contribution in [0.15, 0.2) is 36.4 Å². The molecule has 3 rings (SSSR count). The Morgan fingerprint density at radius 2 is 1.88 bits per heavy atom. The third kappa shape index (κ3) is 2.20. The lowest BCUT2D eigenvalue weighted by Crippen LogP contribution is -2.36. The lowest BCUT2D eigenvalue weighted by molar-refractivity contribution is -0.385. The first-order valence-corrected chi connectivity index (χ1v) is 6.96. The molecular formula is C15H8ClN3O5. The molecule has 0 saturated carbocycles. The van der Waals surface area contributed by atoms with E-state index in [0.29, 0.717) is 4.90 Å². The van der Waals surface area contributed by atoms with Crippen LogP contribution < -0.4 is 5.73 Å². The van der Waals surface area contributed by atoms with Crippen LogP contribution in [-0.2, 0) is 0 Å². The summed E-state index contributed by atoms with van der Waals surface area (Å²) in [7, 11) is 0. The number of benzene rings is 2. The SMILES string of the molecule is Nc1cccc2c1C(=O)N(C(=O)c1cc(Cl)ccc1[N+](=O)[O-])C2=O. The maximum atomic E-state index is 12.6. The number of fused-ring (bicyclic) bond motifs is 1. The number of rotatable bonds is 2. The number of nitrogens with zero attached hydrogens (tertiary/aromatic N) is 2. The van der Waals surface area contributed by atoms with Crippen LogP contribution in [-0.4, -0.2) is 27.5 Å². The Bertz CT molecular complexity index is 941. The van der Waals surface area contributed by atoms with Gasteiger partial charge in [0, 0.05) is 16.8 Å². The molecule has 0 fully saturated rings. The summed E-state index contributed by atoms with van der Waals surface area (Å²) in [5, 5.41) is 11.1. The summed E-state index contributed by atoms with van der Waals surface area (Å²) >= 11 is 5.78. The molecule has 0 radical (unpaired) electrons. The van der Waals surface area contributed by atoms with Crippen LogP contribution >= 0.6 is 11.6 Å². The number of nitro groups is 1. The number of amides is 3. The molecule has 0 spiro atoms. The van der Waals surface area contributed by atoms with Crippen LogP contribution in [0.1, 0.15) is 31.1 Å². The van der Waals surface area contributed by atoms with E-state index in [1.807, 2.05) is 0 Å². The van der Waals surface area contributed by atoms with Crippen molar-refractivity contribution in [3.05, 3.63) is 68.2 Å². The van der Waals surface area contributed by atoms with Crippen LogP contribution in [0.4, 0.5) is 11.4 Å². The van der Waals surface area contributed by atoms with E-state index >= 15 is 0 Å². The molecule has 0 atom stereocenters. The minimum absolute atomic E-state index is 0.0296. The van der Waals surface area contributed by atoms with Crippen LogP contribution in [0.5, 0.6) is 0 Å². The smallest absolute Gasteiger partial charge is 0.282 e. The van der Waals surface area contributed by atoms with Gasteiger partial charge in [0.05, 0.1) is 16.1 Å². The second-order valence-corrected chi connectivity index (χ2v) is 5.38. The minimum atomic E-state index is -1.13. The van der Waals surface area contributed by atoms with Crippen molar-refractivity contribution in [3.63, 3.8) is 0 Å². The Labute approximate surface area is 139 Å². The summed E-state index contributed by atoms with van der Waals surface area (Å²) in [6.07, 6.45) is 0. The van der Waals surface area contributed by atoms with Gasteiger partial charge in [-0.1, -0.05) is 17.7 Å². The number of hydrogen-bond donors (Lipinski definition) is 1. The number of nitro benzene ring substituents is 1. The molecule has 1 heterocycles. The Morgan fingerprint density at radius 3 is 2.50 bits per heavy atom. The number of carbonyl (C=O) groups is 3. The first-order valence-electron chi connectivity index (χ1n) is 6.58. The molecular weight excluding hydrogens is 338 g/mol. The molecule has 0 bridgehead atoms. The standard InChI is InChI=1S/C15H8ClN3O5/c16-7-4-5-11(19(23)24)9(6-7)14(21)18-13(20)8-2-1-3-10(17)12(8)15(18)22/h1-6H,17H2. The van der Waals surface area contributed by atoms with Gasteiger partial charge in [0.1, 0.15) is 5.56 Å². The third-order valence-corrected chi connectivity index (χ3v) is 3.77. The molecule has 1 aliphatic heterocycles. The van der Waals surface area contributed by atoms with Gasteiger partial charge in [-0.05, 0) is 24.3 Å². The van der Waals surface area contributed by atoms with E-state index in [2.05, 4.69) is 0 Å². The molecule has 2 N–H and O–H groups in total. The Morgan fingerprint density at radius 1 is 1.17 bits per heavy atom. The fourth-order valence-corrected chi connectivity index (χ4v) is 2.63. The zero-order valence-electron chi connectivity index (χ0n) is 11.9. The number of hydrogen-bond acceptors (Lipinski definition) is 6. The van der Waals surface area contributed by atoms with Gasteiger partial charge in [-0.15, -0.1) is 0 Å². The third-order valence-electron chi connectivity index (χ3n) is 3.54. The molecule has 0 aromatic heterocycles. The number of halogens is 1. The van der Waals surface area contributed by atoms with Gasteiger partial charge in [0.2, 0.25) is 0 Å². The van der Waals surface area contributed by atoms with Gasteiger partial charge in [0.25, 0.3) is 23.4 Å². The maximum absolute atomic E-state index is 12.6. The van der Waals surface area contributed by atoms with Crippen LogP contribution in [0.3, 0.4) is 0 Å². The zero-order valence-corrected chi connectivity index (χ0v) is 12.6. The summed E-state index contributed by atoms with van der Waals surface area (Å²) in [6.45, 7) is 0. The highest BCUT2D eigenvalue weighted by atomic mass is 35.5. The number of nitrogen functional groups attached to an aromatic ring is 1. The van der Waals surface area contributed by atoms with E-state index in [1.54, 1.807) is 0 Å². The van der Waals surface area contributed by atoms with Gasteiger partial charge in [-0.3, -0.25) is 24.5 Å². The van der Waals surface area contributed by atoms with Crippen molar-refractivity contribution in [2.45, 2.75) is 0 Å². The summed E-state index contributed by atoms with van der Waals surface area (Å²) < 4.78 is 0. The Hall–Kier alpha value is -3.26. The molecule has 120 valence electrons. The molecule has 0 aliphatic carbocycles.